The number of hydrogen-bond acceptors (Lipinski definition) is 3. The summed E-state index contributed by atoms with van der Waals surface area (Å²) in [5.74, 6) is 1.19. The summed E-state index contributed by atoms with van der Waals surface area (Å²) in [5, 5.41) is 15.1. The van der Waals surface area contributed by atoms with Gasteiger partial charge in [0.15, 0.2) is 0 Å². The fourth-order valence-electron chi connectivity index (χ4n) is 1.19. The summed E-state index contributed by atoms with van der Waals surface area (Å²) in [6, 6.07) is 10.5. The van der Waals surface area contributed by atoms with Crippen molar-refractivity contribution < 1.29 is 0 Å². The van der Waals surface area contributed by atoms with Crippen LogP contribution in [0.5, 0.6) is 0 Å². The second-order valence-electron chi connectivity index (χ2n) is 3.30. The van der Waals surface area contributed by atoms with Crippen LogP contribution in [0, 0.1) is 0 Å². The molecule has 1 aromatic carbocycles. The molecule has 1 heterocycles. The van der Waals surface area contributed by atoms with Gasteiger partial charge in [-0.2, -0.15) is 0 Å². The quantitative estimate of drug-likeness (QED) is 0.832. The van der Waals surface area contributed by atoms with E-state index in [2.05, 4.69) is 51.8 Å². The van der Waals surface area contributed by atoms with Crippen LogP contribution in [-0.2, 0) is 0 Å². The van der Waals surface area contributed by atoms with Crippen LogP contribution in [0.15, 0.2) is 30.3 Å². The Bertz CT molecular complexity index is 387. The average Bonchev–Trinajstić information content (AvgIpc) is 2.81. The summed E-state index contributed by atoms with van der Waals surface area (Å²) in [6.07, 6.45) is 0. The van der Waals surface area contributed by atoms with Gasteiger partial charge in [-0.25, -0.2) is 0 Å². The zero-order valence-electron chi connectivity index (χ0n) is 8.42. The van der Waals surface area contributed by atoms with Gasteiger partial charge < -0.3 is 0 Å². The molecule has 5 heteroatoms. The van der Waals surface area contributed by atoms with Crippen LogP contribution < -0.4 is 4.46 Å². The van der Waals surface area contributed by atoms with Gasteiger partial charge in [-0.05, 0) is 0 Å². The number of nitrogens with one attached hydrogen (secondary N) is 1. The van der Waals surface area contributed by atoms with Gasteiger partial charge in [0.25, 0.3) is 0 Å². The van der Waals surface area contributed by atoms with Crippen molar-refractivity contribution in [3.05, 3.63) is 36.2 Å². The number of tetrazole rings is 1. The standard InChI is InChI=1S/C10H12N4Se/c1-8(10-11-13-14-12-10)7-15-9-5-3-2-4-6-9/h2-6,8H,7H2,1H3,(H,11,12,13,14). The third-order valence-electron chi connectivity index (χ3n) is 2.05. The second-order valence-corrected chi connectivity index (χ2v) is 5.59. The number of H-pyrrole nitrogens is 1. The van der Waals surface area contributed by atoms with Crippen molar-refractivity contribution in [1.82, 2.24) is 20.6 Å². The molecule has 0 bridgehead atoms. The normalized spacial score (nSPS) is 12.6. The topological polar surface area (TPSA) is 54.5 Å². The zero-order valence-corrected chi connectivity index (χ0v) is 10.1. The molecule has 0 fully saturated rings. The zero-order chi connectivity index (χ0) is 10.5. The Morgan fingerprint density at radius 1 is 1.33 bits per heavy atom. The number of nitrogens with zero attached hydrogens (tertiary/aromatic N) is 3. The Kier molecular flexibility index (Phi) is 3.48. The van der Waals surface area contributed by atoms with E-state index in [0.29, 0.717) is 20.9 Å². The minimum atomic E-state index is 0.379. The predicted molar refractivity (Wildman–Crippen MR) is 59.2 cm³/mol. The van der Waals surface area contributed by atoms with Gasteiger partial charge in [-0.3, -0.25) is 0 Å². The Morgan fingerprint density at radius 3 is 2.80 bits per heavy atom. The molecule has 0 saturated carbocycles. The second kappa shape index (κ2) is 5.05. The molecule has 4 nitrogen and oxygen atoms in total. The minimum absolute atomic E-state index is 0.379. The van der Waals surface area contributed by atoms with Crippen molar-refractivity contribution in [2.24, 2.45) is 0 Å². The number of rotatable bonds is 4. The van der Waals surface area contributed by atoms with E-state index >= 15 is 0 Å². The van der Waals surface area contributed by atoms with Crippen LogP contribution in [-0.4, -0.2) is 35.6 Å². The van der Waals surface area contributed by atoms with E-state index in [-0.39, 0.29) is 0 Å². The Balaban J connectivity index is 1.89. The third-order valence-corrected chi connectivity index (χ3v) is 4.71. The fraction of sp³-hybridized carbons (Fsp3) is 0.300. The molecule has 0 amide bonds. The van der Waals surface area contributed by atoms with Gasteiger partial charge in [0.05, 0.1) is 0 Å². The molecule has 0 radical (unpaired) electrons. The summed E-state index contributed by atoms with van der Waals surface area (Å²) in [5.41, 5.74) is 0. The monoisotopic (exact) mass is 268 g/mol. The SMILES string of the molecule is CC(C[Se]c1ccccc1)c1nn[nH]n1. The van der Waals surface area contributed by atoms with Crippen molar-refractivity contribution in [2.45, 2.75) is 18.2 Å². The summed E-state index contributed by atoms with van der Waals surface area (Å²) in [4.78, 5) is 0. The first-order chi connectivity index (χ1) is 7.36. The molecule has 0 aliphatic rings. The third kappa shape index (κ3) is 2.88. The first kappa shape index (κ1) is 10.3. The summed E-state index contributed by atoms with van der Waals surface area (Å²) >= 11 is 0.487. The summed E-state index contributed by atoms with van der Waals surface area (Å²) in [7, 11) is 0. The van der Waals surface area contributed by atoms with Gasteiger partial charge in [0, 0.05) is 0 Å². The predicted octanol–water partition coefficient (Wildman–Crippen LogP) is 0.751. The molecule has 1 atom stereocenters. The summed E-state index contributed by atoms with van der Waals surface area (Å²) in [6.45, 7) is 2.13. The van der Waals surface area contributed by atoms with Crippen molar-refractivity contribution in [1.29, 1.82) is 0 Å². The maximum absolute atomic E-state index is 3.99. The van der Waals surface area contributed by atoms with Crippen LogP contribution in [0.3, 0.4) is 0 Å². The molecule has 2 rings (SSSR count). The van der Waals surface area contributed by atoms with Crippen LogP contribution >= 0.6 is 0 Å². The number of aromatic nitrogens is 4. The molecule has 15 heavy (non-hydrogen) atoms. The Morgan fingerprint density at radius 2 is 2.13 bits per heavy atom. The number of hydrogen-bond donors (Lipinski definition) is 1. The van der Waals surface area contributed by atoms with Crippen LogP contribution in [0.25, 0.3) is 0 Å². The van der Waals surface area contributed by atoms with Crippen LogP contribution in [0.4, 0.5) is 0 Å². The van der Waals surface area contributed by atoms with E-state index in [1.165, 1.54) is 4.46 Å². The fourth-order valence-corrected chi connectivity index (χ4v) is 3.17. The van der Waals surface area contributed by atoms with Crippen LogP contribution in [0.2, 0.25) is 5.32 Å². The molecule has 1 aromatic heterocycles. The van der Waals surface area contributed by atoms with E-state index in [4.69, 9.17) is 0 Å². The van der Waals surface area contributed by atoms with Crippen molar-refractivity contribution in [2.75, 3.05) is 0 Å². The summed E-state index contributed by atoms with van der Waals surface area (Å²) < 4.78 is 1.42. The van der Waals surface area contributed by atoms with E-state index in [0.717, 1.165) is 11.1 Å². The van der Waals surface area contributed by atoms with Gasteiger partial charge in [-0.15, -0.1) is 0 Å². The molecule has 0 saturated heterocycles. The van der Waals surface area contributed by atoms with Gasteiger partial charge in [-0.1, -0.05) is 0 Å². The van der Waals surface area contributed by atoms with Crippen molar-refractivity contribution in [3.63, 3.8) is 0 Å². The average molecular weight is 267 g/mol. The van der Waals surface area contributed by atoms with E-state index in [1.54, 1.807) is 0 Å². The molecular formula is C10H12N4Se. The van der Waals surface area contributed by atoms with Gasteiger partial charge in [0.2, 0.25) is 0 Å². The molecule has 0 aliphatic carbocycles. The molecule has 1 unspecified atom stereocenters. The number of aromatic amines is 1. The van der Waals surface area contributed by atoms with Crippen molar-refractivity contribution >= 4 is 19.4 Å². The van der Waals surface area contributed by atoms with E-state index in [1.807, 2.05) is 6.07 Å². The van der Waals surface area contributed by atoms with Crippen LogP contribution in [0.1, 0.15) is 18.7 Å². The molecule has 1 N–H and O–H groups in total. The maximum atomic E-state index is 3.99. The number of benzene rings is 1. The van der Waals surface area contributed by atoms with E-state index < -0.39 is 0 Å². The first-order valence-corrected chi connectivity index (χ1v) is 6.84. The van der Waals surface area contributed by atoms with Gasteiger partial charge >= 0.3 is 94.4 Å². The molecular weight excluding hydrogens is 255 g/mol. The molecule has 0 spiro atoms. The Hall–Kier alpha value is -1.19. The molecule has 78 valence electrons. The molecule has 2 aromatic rings. The Labute approximate surface area is 94.6 Å². The van der Waals surface area contributed by atoms with Crippen molar-refractivity contribution in [3.8, 4) is 0 Å². The molecule has 0 aliphatic heterocycles. The van der Waals surface area contributed by atoms with Gasteiger partial charge in [0.1, 0.15) is 0 Å². The first-order valence-electron chi connectivity index (χ1n) is 4.77. The van der Waals surface area contributed by atoms with E-state index in [9.17, 15) is 0 Å².